The first-order valence-electron chi connectivity index (χ1n) is 7.70. The molecule has 0 aromatic carbocycles. The average Bonchev–Trinajstić information content (AvgIpc) is 2.56. The number of aliphatic hydroxyl groups is 5. The number of carbonyl (C=O) groups excluding carboxylic acids is 1. The standard InChI is InChI=1S/C15H20O9/c16-5-10-12(19)13(20)14(21)15(24-10)23-9-3-6-1-2-11(18)22-8(6)4-7(9)17/h10,12-17,19-21H,1-5H2/t10-,12-,13+,14-,15?/m1/s1. The molecule has 3 aliphatic rings. The Balaban J connectivity index is 1.71. The lowest BCUT2D eigenvalue weighted by molar-refractivity contribution is -0.292. The Kier molecular flexibility index (Phi) is 4.79. The number of rotatable bonds is 3. The summed E-state index contributed by atoms with van der Waals surface area (Å²) in [6.07, 6.45) is -6.13. The average molecular weight is 344 g/mol. The summed E-state index contributed by atoms with van der Waals surface area (Å²) >= 11 is 0. The first-order valence-corrected chi connectivity index (χ1v) is 7.70. The summed E-state index contributed by atoms with van der Waals surface area (Å²) in [6.45, 7) is -0.568. The normalized spacial score (nSPS) is 37.2. The van der Waals surface area contributed by atoms with Crippen molar-refractivity contribution in [3.05, 3.63) is 22.9 Å². The molecule has 24 heavy (non-hydrogen) atoms. The van der Waals surface area contributed by atoms with Crippen molar-refractivity contribution in [3.63, 3.8) is 0 Å². The van der Waals surface area contributed by atoms with Gasteiger partial charge in [0.2, 0.25) is 6.29 Å². The number of ether oxygens (including phenoxy) is 3. The van der Waals surface area contributed by atoms with E-state index in [2.05, 4.69) is 0 Å². The van der Waals surface area contributed by atoms with Crippen LogP contribution in [0.15, 0.2) is 22.9 Å². The van der Waals surface area contributed by atoms with Gasteiger partial charge in [-0.3, -0.25) is 4.79 Å². The van der Waals surface area contributed by atoms with Gasteiger partial charge >= 0.3 is 5.97 Å². The van der Waals surface area contributed by atoms with Gasteiger partial charge in [-0.25, -0.2) is 0 Å². The third-order valence-corrected chi connectivity index (χ3v) is 4.39. The van der Waals surface area contributed by atoms with Crippen molar-refractivity contribution in [2.75, 3.05) is 6.61 Å². The molecular formula is C15H20O9. The fourth-order valence-electron chi connectivity index (χ4n) is 2.96. The quantitative estimate of drug-likeness (QED) is 0.405. The van der Waals surface area contributed by atoms with E-state index in [1.54, 1.807) is 0 Å². The molecule has 5 N–H and O–H groups in total. The second kappa shape index (κ2) is 6.69. The first kappa shape index (κ1) is 17.2. The van der Waals surface area contributed by atoms with Crippen LogP contribution in [-0.4, -0.2) is 68.8 Å². The number of carbonyl (C=O) groups is 1. The van der Waals surface area contributed by atoms with Crippen molar-refractivity contribution in [2.24, 2.45) is 0 Å². The molecule has 0 spiro atoms. The molecule has 5 atom stereocenters. The van der Waals surface area contributed by atoms with Crippen molar-refractivity contribution in [3.8, 4) is 0 Å². The largest absolute Gasteiger partial charge is 0.508 e. The van der Waals surface area contributed by atoms with Crippen LogP contribution in [0.3, 0.4) is 0 Å². The lowest BCUT2D eigenvalue weighted by atomic mass is 9.95. The van der Waals surface area contributed by atoms with E-state index in [9.17, 15) is 25.2 Å². The van der Waals surface area contributed by atoms with Gasteiger partial charge in [-0.15, -0.1) is 0 Å². The van der Waals surface area contributed by atoms with E-state index in [-0.39, 0.29) is 36.8 Å². The molecule has 1 aliphatic carbocycles. The van der Waals surface area contributed by atoms with Gasteiger partial charge in [0.25, 0.3) is 0 Å². The Labute approximate surface area is 137 Å². The van der Waals surface area contributed by atoms with Gasteiger partial charge < -0.3 is 39.7 Å². The molecule has 1 fully saturated rings. The summed E-state index contributed by atoms with van der Waals surface area (Å²) in [5.41, 5.74) is 0.812. The fraction of sp³-hybridized carbons (Fsp3) is 0.667. The van der Waals surface area contributed by atoms with Crippen molar-refractivity contribution < 1.29 is 44.5 Å². The highest BCUT2D eigenvalue weighted by Gasteiger charge is 2.45. The van der Waals surface area contributed by atoms with E-state index >= 15 is 0 Å². The maximum atomic E-state index is 11.3. The van der Waals surface area contributed by atoms with Crippen LogP contribution in [0.4, 0.5) is 0 Å². The van der Waals surface area contributed by atoms with Gasteiger partial charge in [0.15, 0.2) is 0 Å². The third kappa shape index (κ3) is 3.13. The molecule has 0 amide bonds. The van der Waals surface area contributed by atoms with Crippen LogP contribution < -0.4 is 0 Å². The molecule has 0 radical (unpaired) electrons. The van der Waals surface area contributed by atoms with Crippen LogP contribution in [0.5, 0.6) is 0 Å². The molecule has 0 bridgehead atoms. The van der Waals surface area contributed by atoms with Crippen molar-refractivity contribution in [1.82, 2.24) is 0 Å². The number of aliphatic hydroxyl groups excluding tert-OH is 5. The van der Waals surface area contributed by atoms with Crippen molar-refractivity contribution in [1.29, 1.82) is 0 Å². The summed E-state index contributed by atoms with van der Waals surface area (Å²) in [7, 11) is 0. The lowest BCUT2D eigenvalue weighted by Crippen LogP contribution is -2.59. The van der Waals surface area contributed by atoms with Crippen LogP contribution in [0.25, 0.3) is 0 Å². The second-order valence-electron chi connectivity index (χ2n) is 6.04. The number of esters is 1. The Morgan fingerprint density at radius 2 is 1.83 bits per heavy atom. The minimum atomic E-state index is -1.56. The van der Waals surface area contributed by atoms with E-state index in [0.29, 0.717) is 12.2 Å². The molecule has 134 valence electrons. The number of allylic oxidation sites excluding steroid dienone is 1. The summed E-state index contributed by atoms with van der Waals surface area (Å²) < 4.78 is 15.8. The van der Waals surface area contributed by atoms with Gasteiger partial charge in [0, 0.05) is 12.8 Å². The Morgan fingerprint density at radius 3 is 2.54 bits per heavy atom. The maximum absolute atomic E-state index is 11.3. The van der Waals surface area contributed by atoms with Gasteiger partial charge in [-0.2, -0.15) is 0 Å². The summed E-state index contributed by atoms with van der Waals surface area (Å²) in [4.78, 5) is 11.3. The van der Waals surface area contributed by atoms with E-state index in [0.717, 1.165) is 5.57 Å². The Morgan fingerprint density at radius 1 is 1.08 bits per heavy atom. The van der Waals surface area contributed by atoms with Crippen molar-refractivity contribution in [2.45, 2.75) is 56.4 Å². The lowest BCUT2D eigenvalue weighted by Gasteiger charge is -2.40. The SMILES string of the molecule is O=C1CCC2=C(CC(O)=C(OC3O[C@H](CO)[C@@H](O)[C@H](O)[C@H]3O)C2)O1. The Bertz CT molecular complexity index is 579. The minimum absolute atomic E-state index is 0.00612. The van der Waals surface area contributed by atoms with E-state index in [1.807, 2.05) is 0 Å². The monoisotopic (exact) mass is 344 g/mol. The zero-order valence-electron chi connectivity index (χ0n) is 12.8. The molecule has 1 saturated heterocycles. The number of hydrogen-bond donors (Lipinski definition) is 5. The maximum Gasteiger partial charge on any atom is 0.311 e. The summed E-state index contributed by atoms with van der Waals surface area (Å²) in [5, 5.41) is 48.7. The second-order valence-corrected chi connectivity index (χ2v) is 6.04. The summed E-state index contributed by atoms with van der Waals surface area (Å²) in [6, 6.07) is 0. The van der Waals surface area contributed by atoms with Gasteiger partial charge in [0.05, 0.1) is 13.0 Å². The highest BCUT2D eigenvalue weighted by molar-refractivity contribution is 5.72. The van der Waals surface area contributed by atoms with Crippen LogP contribution >= 0.6 is 0 Å². The van der Waals surface area contributed by atoms with E-state index in [1.165, 1.54) is 0 Å². The van der Waals surface area contributed by atoms with E-state index in [4.69, 9.17) is 19.3 Å². The van der Waals surface area contributed by atoms with Crippen LogP contribution in [-0.2, 0) is 19.0 Å². The predicted octanol–water partition coefficient (Wildman–Crippen LogP) is -1.04. The third-order valence-electron chi connectivity index (χ3n) is 4.39. The minimum Gasteiger partial charge on any atom is -0.508 e. The molecule has 2 aliphatic heterocycles. The van der Waals surface area contributed by atoms with Crippen LogP contribution in [0, 0.1) is 0 Å². The zero-order chi connectivity index (χ0) is 17.4. The smallest absolute Gasteiger partial charge is 0.311 e. The highest BCUT2D eigenvalue weighted by Crippen LogP contribution is 2.37. The highest BCUT2D eigenvalue weighted by atomic mass is 16.7. The predicted molar refractivity (Wildman–Crippen MR) is 76.1 cm³/mol. The molecule has 1 unspecified atom stereocenters. The molecule has 0 saturated carbocycles. The van der Waals surface area contributed by atoms with Crippen LogP contribution in [0.2, 0.25) is 0 Å². The fourth-order valence-corrected chi connectivity index (χ4v) is 2.96. The molecular weight excluding hydrogens is 324 g/mol. The van der Waals surface area contributed by atoms with Gasteiger partial charge in [-0.1, -0.05) is 0 Å². The van der Waals surface area contributed by atoms with Gasteiger partial charge in [-0.05, 0) is 12.0 Å². The number of hydrogen-bond acceptors (Lipinski definition) is 9. The molecule has 0 aromatic heterocycles. The van der Waals surface area contributed by atoms with Crippen LogP contribution in [0.1, 0.15) is 25.7 Å². The van der Waals surface area contributed by atoms with E-state index < -0.39 is 37.3 Å². The molecule has 0 aromatic rings. The van der Waals surface area contributed by atoms with Crippen molar-refractivity contribution >= 4 is 5.97 Å². The molecule has 9 nitrogen and oxygen atoms in total. The topological polar surface area (TPSA) is 146 Å². The zero-order valence-corrected chi connectivity index (χ0v) is 12.8. The summed E-state index contributed by atoms with van der Waals surface area (Å²) in [5.74, 6) is 0.0289. The Hall–Kier alpha value is -1.65. The molecule has 3 rings (SSSR count). The first-order chi connectivity index (χ1) is 11.4. The molecule has 9 heteroatoms. The van der Waals surface area contributed by atoms with Gasteiger partial charge in [0.1, 0.15) is 41.7 Å². The molecule has 2 heterocycles.